The third kappa shape index (κ3) is 5.74. The van der Waals surface area contributed by atoms with Gasteiger partial charge in [-0.25, -0.2) is 4.98 Å². The molecule has 216 valence electrons. The Morgan fingerprint density at radius 1 is 1.07 bits per heavy atom. The molecule has 5 heterocycles. The first-order valence-corrected chi connectivity index (χ1v) is 16.1. The maximum Gasteiger partial charge on any atom is 0.263 e. The highest BCUT2D eigenvalue weighted by Crippen LogP contribution is 2.35. The zero-order valence-corrected chi connectivity index (χ0v) is 25.2. The predicted octanol–water partition coefficient (Wildman–Crippen LogP) is 2.67. The number of amides is 1. The summed E-state index contributed by atoms with van der Waals surface area (Å²) in [4.78, 5) is 28.2. The number of nitrogens with one attached hydrogen (secondary N) is 2. The number of hydrogen-bond donors (Lipinski definition) is 2. The molecule has 40 heavy (non-hydrogen) atoms. The summed E-state index contributed by atoms with van der Waals surface area (Å²) in [5.41, 5.74) is 2.47. The number of aromatic nitrogens is 1. The van der Waals surface area contributed by atoms with Gasteiger partial charge in [-0.2, -0.15) is 0 Å². The minimum Gasteiger partial charge on any atom is -0.368 e. The number of nitrogens with zero attached hydrogens (tertiary/aromatic N) is 5. The van der Waals surface area contributed by atoms with Gasteiger partial charge < -0.3 is 25.3 Å². The second kappa shape index (κ2) is 12.1. The van der Waals surface area contributed by atoms with Crippen LogP contribution < -0.4 is 25.3 Å². The number of piperazine rings is 1. The lowest BCUT2D eigenvalue weighted by Crippen LogP contribution is -2.53. The van der Waals surface area contributed by atoms with E-state index < -0.39 is 0 Å². The average molecular weight is 564 g/mol. The van der Waals surface area contributed by atoms with Gasteiger partial charge in [0.25, 0.3) is 5.91 Å². The van der Waals surface area contributed by atoms with Crippen molar-refractivity contribution in [2.45, 2.75) is 63.6 Å². The van der Waals surface area contributed by atoms with Crippen molar-refractivity contribution in [3.05, 3.63) is 38.5 Å². The second-order valence-electron chi connectivity index (χ2n) is 12.0. The number of likely N-dealkylation sites (tertiary alicyclic amines) is 1. The second-order valence-corrected chi connectivity index (χ2v) is 13.0. The van der Waals surface area contributed by atoms with E-state index in [0.29, 0.717) is 5.92 Å². The molecule has 2 N–H and O–H groups in total. The number of rotatable bonds is 7. The Labute approximate surface area is 242 Å². The van der Waals surface area contributed by atoms with Crippen LogP contribution in [-0.4, -0.2) is 97.7 Å². The highest BCUT2D eigenvalue weighted by Gasteiger charge is 2.29. The first kappa shape index (κ1) is 27.5. The number of carbonyl (C=O) groups is 1. The fraction of sp³-hybridized carbons (Fsp3) is 0.613. The van der Waals surface area contributed by atoms with E-state index in [4.69, 9.17) is 4.98 Å². The molecule has 1 atom stereocenters. The molecule has 1 unspecified atom stereocenters. The molecule has 2 aromatic heterocycles. The molecule has 6 rings (SSSR count). The molecule has 0 bridgehead atoms. The van der Waals surface area contributed by atoms with Gasteiger partial charge in [0.15, 0.2) is 0 Å². The standard InChI is InChI=1S/C31H45N7OS/c1-4-36-13-11-23(12-14-36)37-15-17-38(18-16-37)24-9-10-27(32-20-24)34-28-19-25-26(21-33-28)40-30(31(39)35(2)3)29(25)22-7-5-6-8-22/h9-10,19-23,28,33H,4-8,11-18H2,1-3H3,(H,32,34). The minimum absolute atomic E-state index is 0.0643. The number of pyridine rings is 1. The molecule has 8 nitrogen and oxygen atoms in total. The molecule has 2 aromatic rings. The molecule has 0 spiro atoms. The van der Waals surface area contributed by atoms with Gasteiger partial charge in [-0.1, -0.05) is 19.8 Å². The Hall–Kier alpha value is -2.62. The average Bonchev–Trinajstić information content (AvgIpc) is 3.65. The number of hydrogen-bond acceptors (Lipinski definition) is 8. The van der Waals surface area contributed by atoms with Crippen LogP contribution >= 0.6 is 11.3 Å². The maximum absolute atomic E-state index is 13.1. The molecule has 3 aliphatic heterocycles. The van der Waals surface area contributed by atoms with E-state index in [9.17, 15) is 4.79 Å². The Morgan fingerprint density at radius 3 is 2.48 bits per heavy atom. The monoisotopic (exact) mass is 563 g/mol. The van der Waals surface area contributed by atoms with Gasteiger partial charge in [0.2, 0.25) is 0 Å². The largest absolute Gasteiger partial charge is 0.368 e. The van der Waals surface area contributed by atoms with Gasteiger partial charge in [-0.3, -0.25) is 9.69 Å². The van der Waals surface area contributed by atoms with Crippen LogP contribution in [0.1, 0.15) is 66.6 Å². The summed E-state index contributed by atoms with van der Waals surface area (Å²) in [5, 5.41) is 8.27. The zero-order chi connectivity index (χ0) is 27.6. The van der Waals surface area contributed by atoms with E-state index >= 15 is 0 Å². The van der Waals surface area contributed by atoms with Gasteiger partial charge in [-0.05, 0) is 80.2 Å². The van der Waals surface area contributed by atoms with E-state index in [1.165, 1.54) is 74.6 Å². The summed E-state index contributed by atoms with van der Waals surface area (Å²) in [6.45, 7) is 10.3. The van der Waals surface area contributed by atoms with Crippen LogP contribution in [0.25, 0.3) is 12.3 Å². The van der Waals surface area contributed by atoms with Crippen molar-refractivity contribution in [2.24, 2.45) is 0 Å². The predicted molar refractivity (Wildman–Crippen MR) is 165 cm³/mol. The summed E-state index contributed by atoms with van der Waals surface area (Å²) in [6.07, 6.45) is 13.7. The number of carbonyl (C=O) groups excluding carboxylic acids is 1. The van der Waals surface area contributed by atoms with Gasteiger partial charge in [0.05, 0.1) is 21.3 Å². The Bertz CT molecular complexity index is 1280. The van der Waals surface area contributed by atoms with Crippen molar-refractivity contribution in [3.8, 4) is 0 Å². The van der Waals surface area contributed by atoms with Crippen LogP contribution in [0.3, 0.4) is 0 Å². The van der Waals surface area contributed by atoms with Crippen LogP contribution in [0, 0.1) is 0 Å². The molecule has 2 saturated heterocycles. The molecule has 1 aliphatic carbocycles. The smallest absolute Gasteiger partial charge is 0.263 e. The highest BCUT2D eigenvalue weighted by atomic mass is 32.1. The number of fused-ring (bicyclic) bond motifs is 1. The van der Waals surface area contributed by atoms with Crippen LogP contribution in [-0.2, 0) is 0 Å². The van der Waals surface area contributed by atoms with Crippen LogP contribution in [0.15, 0.2) is 18.3 Å². The van der Waals surface area contributed by atoms with E-state index in [2.05, 4.69) is 56.7 Å². The van der Waals surface area contributed by atoms with Crippen molar-refractivity contribution in [3.63, 3.8) is 0 Å². The molecular formula is C31H45N7OS. The fourth-order valence-electron chi connectivity index (χ4n) is 6.96. The minimum atomic E-state index is -0.0643. The van der Waals surface area contributed by atoms with Gasteiger partial charge in [0.1, 0.15) is 12.0 Å². The van der Waals surface area contributed by atoms with Gasteiger partial charge in [0, 0.05) is 52.5 Å². The molecule has 1 amide bonds. The normalized spacial score (nSPS) is 22.8. The van der Waals surface area contributed by atoms with Crippen molar-refractivity contribution in [1.82, 2.24) is 25.0 Å². The first-order valence-electron chi connectivity index (χ1n) is 15.3. The Morgan fingerprint density at radius 2 is 1.82 bits per heavy atom. The first-order chi connectivity index (χ1) is 19.5. The number of piperidine rings is 1. The van der Waals surface area contributed by atoms with Crippen LogP contribution in [0.4, 0.5) is 11.5 Å². The van der Waals surface area contributed by atoms with Crippen molar-refractivity contribution in [1.29, 1.82) is 0 Å². The molecule has 0 aromatic carbocycles. The summed E-state index contributed by atoms with van der Waals surface area (Å²) < 4.78 is 1.16. The zero-order valence-electron chi connectivity index (χ0n) is 24.4. The maximum atomic E-state index is 13.1. The summed E-state index contributed by atoms with van der Waals surface area (Å²) >= 11 is 1.63. The van der Waals surface area contributed by atoms with Gasteiger partial charge in [-0.15, -0.1) is 11.3 Å². The topological polar surface area (TPSA) is 67.0 Å². The Balaban J connectivity index is 1.10. The van der Waals surface area contributed by atoms with E-state index in [0.717, 1.165) is 47.4 Å². The van der Waals surface area contributed by atoms with Crippen molar-refractivity contribution < 1.29 is 4.79 Å². The van der Waals surface area contributed by atoms with E-state index in [1.807, 2.05) is 20.3 Å². The molecule has 9 heteroatoms. The number of anilines is 2. The van der Waals surface area contributed by atoms with Gasteiger partial charge >= 0.3 is 0 Å². The third-order valence-electron chi connectivity index (χ3n) is 9.35. The van der Waals surface area contributed by atoms with E-state index in [1.54, 1.807) is 16.2 Å². The Kier molecular flexibility index (Phi) is 8.32. The van der Waals surface area contributed by atoms with Crippen LogP contribution in [0.2, 0.25) is 0 Å². The third-order valence-corrected chi connectivity index (χ3v) is 10.5. The lowest BCUT2D eigenvalue weighted by molar-refractivity contribution is 0.0830. The van der Waals surface area contributed by atoms with Crippen molar-refractivity contribution in [2.75, 3.05) is 70.1 Å². The lowest BCUT2D eigenvalue weighted by Gasteiger charge is -2.43. The molecule has 0 radical (unpaired) electrons. The number of thiophene rings is 1. The highest BCUT2D eigenvalue weighted by molar-refractivity contribution is 7.12. The lowest BCUT2D eigenvalue weighted by atomic mass is 9.95. The fourth-order valence-corrected chi connectivity index (χ4v) is 8.25. The molecule has 1 saturated carbocycles. The summed E-state index contributed by atoms with van der Waals surface area (Å²) in [6, 6.07) is 5.05. The van der Waals surface area contributed by atoms with E-state index in [-0.39, 0.29) is 12.1 Å². The molecule has 4 aliphatic rings. The molecular weight excluding hydrogens is 518 g/mol. The quantitative estimate of drug-likeness (QED) is 0.537. The van der Waals surface area contributed by atoms with Crippen LogP contribution in [0.5, 0.6) is 0 Å². The van der Waals surface area contributed by atoms with Crippen molar-refractivity contribution >= 4 is 41.0 Å². The molecule has 3 fully saturated rings. The summed E-state index contributed by atoms with van der Waals surface area (Å²) in [5.74, 6) is 1.45. The summed E-state index contributed by atoms with van der Waals surface area (Å²) in [7, 11) is 3.70. The SMILES string of the molecule is CCN1CCC(N2CCN(c3ccc(NC4C=c5c(C6CCCC6)c(C(=O)N(C)C)sc5=CN4)nc3)CC2)CC1.